The number of H-pyrrole nitrogens is 1. The average Bonchev–Trinajstić information content (AvgIpc) is 3.04. The third-order valence-corrected chi connectivity index (χ3v) is 4.69. The van der Waals surface area contributed by atoms with Gasteiger partial charge < -0.3 is 15.5 Å². The van der Waals surface area contributed by atoms with Gasteiger partial charge in [-0.3, -0.25) is 9.89 Å². The quantitative estimate of drug-likeness (QED) is 0.536. The Labute approximate surface area is 153 Å². The molecule has 3 rings (SSSR count). The number of nitrogens with zero attached hydrogens (tertiary/aromatic N) is 3. The molecular formula is C16H19FN6O2S. The number of carbonyl (C=O) groups is 2. The van der Waals surface area contributed by atoms with Gasteiger partial charge in [0, 0.05) is 25.4 Å². The number of hydrogen-bond acceptors (Lipinski definition) is 5. The average molecular weight is 378 g/mol. The molecule has 1 saturated heterocycles. The highest BCUT2D eigenvalue weighted by atomic mass is 32.2. The van der Waals surface area contributed by atoms with Gasteiger partial charge in [-0.05, 0) is 24.6 Å². The summed E-state index contributed by atoms with van der Waals surface area (Å²) in [5, 5.41) is 12.9. The SMILES string of the molecule is Cc1nc(SCCNC(=O)N2CCNC(=O)[C@@H]2c2ccc(F)cc2)n[nH]1. The molecule has 1 aliphatic heterocycles. The van der Waals surface area contributed by atoms with E-state index in [9.17, 15) is 14.0 Å². The summed E-state index contributed by atoms with van der Waals surface area (Å²) in [6, 6.07) is 4.50. The first-order chi connectivity index (χ1) is 12.5. The van der Waals surface area contributed by atoms with Gasteiger partial charge in [0.1, 0.15) is 17.7 Å². The van der Waals surface area contributed by atoms with Gasteiger partial charge in [0.05, 0.1) is 0 Å². The van der Waals surface area contributed by atoms with Crippen LogP contribution in [0.2, 0.25) is 0 Å². The highest BCUT2D eigenvalue weighted by Gasteiger charge is 2.34. The second-order valence-electron chi connectivity index (χ2n) is 5.72. The van der Waals surface area contributed by atoms with Crippen molar-refractivity contribution in [2.45, 2.75) is 18.1 Å². The number of amides is 3. The van der Waals surface area contributed by atoms with Crippen LogP contribution in [0.4, 0.5) is 9.18 Å². The summed E-state index contributed by atoms with van der Waals surface area (Å²) in [5.74, 6) is 0.673. The van der Waals surface area contributed by atoms with E-state index in [4.69, 9.17) is 0 Å². The molecular weight excluding hydrogens is 359 g/mol. The molecule has 10 heteroatoms. The molecule has 2 aromatic rings. The molecule has 1 aromatic heterocycles. The molecule has 3 N–H and O–H groups in total. The molecule has 0 spiro atoms. The molecule has 2 heterocycles. The normalized spacial score (nSPS) is 17.1. The van der Waals surface area contributed by atoms with Crippen LogP contribution in [0.3, 0.4) is 0 Å². The van der Waals surface area contributed by atoms with E-state index in [1.54, 1.807) is 0 Å². The number of aromatic nitrogens is 3. The molecule has 1 fully saturated rings. The van der Waals surface area contributed by atoms with Gasteiger partial charge in [-0.1, -0.05) is 23.9 Å². The Morgan fingerprint density at radius 2 is 2.19 bits per heavy atom. The van der Waals surface area contributed by atoms with Crippen molar-refractivity contribution in [2.75, 3.05) is 25.4 Å². The number of halogens is 1. The summed E-state index contributed by atoms with van der Waals surface area (Å²) < 4.78 is 13.1. The number of urea groups is 1. The number of aryl methyl sites for hydroxylation is 1. The number of rotatable bonds is 5. The topological polar surface area (TPSA) is 103 Å². The molecule has 1 aromatic carbocycles. The van der Waals surface area contributed by atoms with Crippen molar-refractivity contribution in [2.24, 2.45) is 0 Å². The lowest BCUT2D eigenvalue weighted by molar-refractivity contribution is -0.127. The molecule has 0 aliphatic carbocycles. The van der Waals surface area contributed by atoms with Crippen LogP contribution < -0.4 is 10.6 Å². The molecule has 1 aliphatic rings. The fourth-order valence-corrected chi connectivity index (χ4v) is 3.35. The van der Waals surface area contributed by atoms with Crippen LogP contribution in [-0.4, -0.2) is 57.4 Å². The lowest BCUT2D eigenvalue weighted by Crippen LogP contribution is -2.55. The van der Waals surface area contributed by atoms with E-state index in [1.807, 2.05) is 6.92 Å². The molecule has 3 amide bonds. The second kappa shape index (κ2) is 8.17. The minimum Gasteiger partial charge on any atom is -0.352 e. The van der Waals surface area contributed by atoms with E-state index >= 15 is 0 Å². The highest BCUT2D eigenvalue weighted by Crippen LogP contribution is 2.23. The van der Waals surface area contributed by atoms with Crippen LogP contribution in [0, 0.1) is 12.7 Å². The van der Waals surface area contributed by atoms with E-state index in [-0.39, 0.29) is 17.8 Å². The largest absolute Gasteiger partial charge is 0.352 e. The first-order valence-electron chi connectivity index (χ1n) is 8.14. The Kier molecular flexibility index (Phi) is 5.71. The summed E-state index contributed by atoms with van der Waals surface area (Å²) >= 11 is 1.42. The zero-order chi connectivity index (χ0) is 18.5. The van der Waals surface area contributed by atoms with Gasteiger partial charge in [0.15, 0.2) is 0 Å². The smallest absolute Gasteiger partial charge is 0.318 e. The van der Waals surface area contributed by atoms with Crippen LogP contribution in [-0.2, 0) is 4.79 Å². The second-order valence-corrected chi connectivity index (χ2v) is 6.78. The third kappa shape index (κ3) is 4.31. The monoisotopic (exact) mass is 378 g/mol. The Balaban J connectivity index is 1.58. The molecule has 0 unspecified atom stereocenters. The first kappa shape index (κ1) is 18.2. The molecule has 0 saturated carbocycles. The van der Waals surface area contributed by atoms with E-state index in [0.717, 1.165) is 5.82 Å². The van der Waals surface area contributed by atoms with Gasteiger partial charge in [0.25, 0.3) is 0 Å². The standard InChI is InChI=1S/C16H19FN6O2S/c1-10-20-15(22-21-10)26-9-7-19-16(25)23-8-6-18-14(24)13(23)11-2-4-12(17)5-3-11/h2-5,13H,6-9H2,1H3,(H,18,24)(H,19,25)(H,20,21,22)/t13-/m0/s1. The van der Waals surface area contributed by atoms with Crippen LogP contribution in [0.25, 0.3) is 0 Å². The van der Waals surface area contributed by atoms with Crippen molar-refractivity contribution < 1.29 is 14.0 Å². The predicted octanol–water partition coefficient (Wildman–Crippen LogP) is 1.23. The number of carbonyl (C=O) groups excluding carboxylic acids is 2. The number of hydrogen-bond donors (Lipinski definition) is 3. The van der Waals surface area contributed by atoms with Crippen molar-refractivity contribution in [3.63, 3.8) is 0 Å². The molecule has 0 bridgehead atoms. The van der Waals surface area contributed by atoms with Crippen molar-refractivity contribution in [3.8, 4) is 0 Å². The van der Waals surface area contributed by atoms with Gasteiger partial charge >= 0.3 is 6.03 Å². The van der Waals surface area contributed by atoms with Gasteiger partial charge in [-0.25, -0.2) is 14.2 Å². The molecule has 1 atom stereocenters. The van der Waals surface area contributed by atoms with Crippen LogP contribution in [0.5, 0.6) is 0 Å². The summed E-state index contributed by atoms with van der Waals surface area (Å²) in [4.78, 5) is 30.4. The van der Waals surface area contributed by atoms with Gasteiger partial charge in [0.2, 0.25) is 11.1 Å². The van der Waals surface area contributed by atoms with Crippen molar-refractivity contribution in [1.82, 2.24) is 30.7 Å². The van der Waals surface area contributed by atoms with Crippen LogP contribution >= 0.6 is 11.8 Å². The van der Waals surface area contributed by atoms with Gasteiger partial charge in [-0.2, -0.15) is 0 Å². The first-order valence-corrected chi connectivity index (χ1v) is 9.12. The summed E-state index contributed by atoms with van der Waals surface area (Å²) in [5.41, 5.74) is 0.573. The molecule has 8 nitrogen and oxygen atoms in total. The van der Waals surface area contributed by atoms with Crippen LogP contribution in [0.1, 0.15) is 17.4 Å². The molecule has 138 valence electrons. The Morgan fingerprint density at radius 1 is 1.42 bits per heavy atom. The Hall–Kier alpha value is -2.62. The summed E-state index contributed by atoms with van der Waals surface area (Å²) in [7, 11) is 0. The number of nitrogens with one attached hydrogen (secondary N) is 3. The van der Waals surface area contributed by atoms with Crippen molar-refractivity contribution in [1.29, 1.82) is 0 Å². The van der Waals surface area contributed by atoms with E-state index in [1.165, 1.54) is 40.9 Å². The minimum atomic E-state index is -0.771. The minimum absolute atomic E-state index is 0.274. The van der Waals surface area contributed by atoms with E-state index in [0.29, 0.717) is 36.1 Å². The van der Waals surface area contributed by atoms with Crippen LogP contribution in [0.15, 0.2) is 29.4 Å². The maximum Gasteiger partial charge on any atom is 0.318 e. The third-order valence-electron chi connectivity index (χ3n) is 3.84. The lowest BCUT2D eigenvalue weighted by Gasteiger charge is -2.35. The maximum atomic E-state index is 13.1. The van der Waals surface area contributed by atoms with E-state index in [2.05, 4.69) is 25.8 Å². The molecule has 26 heavy (non-hydrogen) atoms. The lowest BCUT2D eigenvalue weighted by atomic mass is 10.0. The maximum absolute atomic E-state index is 13.1. The number of piperazine rings is 1. The zero-order valence-corrected chi connectivity index (χ0v) is 15.0. The highest BCUT2D eigenvalue weighted by molar-refractivity contribution is 7.99. The zero-order valence-electron chi connectivity index (χ0n) is 14.2. The summed E-state index contributed by atoms with van der Waals surface area (Å²) in [6.07, 6.45) is 0. The van der Waals surface area contributed by atoms with E-state index < -0.39 is 6.04 Å². The fraction of sp³-hybridized carbons (Fsp3) is 0.375. The predicted molar refractivity (Wildman–Crippen MR) is 94.1 cm³/mol. The molecule has 0 radical (unpaired) electrons. The number of aromatic amines is 1. The summed E-state index contributed by atoms with van der Waals surface area (Å²) in [6.45, 7) is 2.99. The van der Waals surface area contributed by atoms with Crippen molar-refractivity contribution in [3.05, 3.63) is 41.5 Å². The fourth-order valence-electron chi connectivity index (χ4n) is 2.65. The van der Waals surface area contributed by atoms with Gasteiger partial charge in [-0.15, -0.1) is 5.10 Å². The Morgan fingerprint density at radius 3 is 2.88 bits per heavy atom. The Bertz CT molecular complexity index is 781. The number of benzene rings is 1. The number of thioether (sulfide) groups is 1. The van der Waals surface area contributed by atoms with Crippen molar-refractivity contribution >= 4 is 23.7 Å².